The number of aromatic nitrogens is 1. The molecule has 0 aliphatic heterocycles. The molecule has 0 amide bonds. The molecule has 106 valence electrons. The second kappa shape index (κ2) is 6.34. The van der Waals surface area contributed by atoms with Crippen molar-refractivity contribution in [1.29, 1.82) is 0 Å². The number of esters is 1. The summed E-state index contributed by atoms with van der Waals surface area (Å²) in [4.78, 5) is 15.0. The van der Waals surface area contributed by atoms with Crippen molar-refractivity contribution >= 4 is 5.97 Å². The van der Waals surface area contributed by atoms with Crippen molar-refractivity contribution in [3.8, 4) is 11.3 Å². The van der Waals surface area contributed by atoms with Gasteiger partial charge in [-0.3, -0.25) is 4.79 Å². The lowest BCUT2D eigenvalue weighted by Gasteiger charge is -2.07. The van der Waals surface area contributed by atoms with Crippen LogP contribution in [0, 0.1) is 6.92 Å². The van der Waals surface area contributed by atoms with Crippen molar-refractivity contribution in [2.45, 2.75) is 26.4 Å². The van der Waals surface area contributed by atoms with E-state index in [4.69, 9.17) is 9.15 Å². The van der Waals surface area contributed by atoms with Crippen molar-refractivity contribution < 1.29 is 19.1 Å². The predicted molar refractivity (Wildman–Crippen MR) is 73.0 cm³/mol. The Morgan fingerprint density at radius 1 is 1.40 bits per heavy atom. The number of aryl methyl sites for hydroxylation is 1. The van der Waals surface area contributed by atoms with Crippen molar-refractivity contribution in [3.63, 3.8) is 0 Å². The molecule has 1 atom stereocenters. The van der Waals surface area contributed by atoms with Gasteiger partial charge in [0.15, 0.2) is 5.89 Å². The van der Waals surface area contributed by atoms with Crippen LogP contribution in [0.2, 0.25) is 0 Å². The molecular formula is C15H17NO4. The summed E-state index contributed by atoms with van der Waals surface area (Å²) in [5, 5.41) is 9.69. The maximum atomic E-state index is 10.6. The molecule has 1 heterocycles. The van der Waals surface area contributed by atoms with Gasteiger partial charge < -0.3 is 14.3 Å². The minimum atomic E-state index is -0.816. The van der Waals surface area contributed by atoms with Crippen LogP contribution >= 0.6 is 0 Å². The highest BCUT2D eigenvalue weighted by molar-refractivity contribution is 5.65. The second-order valence-electron chi connectivity index (χ2n) is 4.65. The van der Waals surface area contributed by atoms with Gasteiger partial charge in [-0.2, -0.15) is 0 Å². The van der Waals surface area contributed by atoms with E-state index < -0.39 is 12.1 Å². The zero-order chi connectivity index (χ0) is 14.5. The molecular weight excluding hydrogens is 258 g/mol. The van der Waals surface area contributed by atoms with E-state index in [1.165, 1.54) is 12.5 Å². The number of aliphatic hydroxyl groups is 1. The Labute approximate surface area is 117 Å². The molecule has 2 rings (SSSR count). The van der Waals surface area contributed by atoms with Gasteiger partial charge in [0.1, 0.15) is 18.6 Å². The fourth-order valence-electron chi connectivity index (χ4n) is 1.74. The summed E-state index contributed by atoms with van der Waals surface area (Å²) < 4.78 is 10.0. The number of aliphatic hydroxyl groups excluding tert-OH is 1. The fraction of sp³-hybridized carbons (Fsp3) is 0.333. The van der Waals surface area contributed by atoms with Crippen LogP contribution < -0.4 is 0 Å². The van der Waals surface area contributed by atoms with Gasteiger partial charge in [0.05, 0.1) is 12.5 Å². The maximum Gasteiger partial charge on any atom is 0.302 e. The maximum absolute atomic E-state index is 10.6. The molecule has 0 fully saturated rings. The van der Waals surface area contributed by atoms with Crippen LogP contribution in [-0.2, 0) is 16.0 Å². The van der Waals surface area contributed by atoms with E-state index in [0.29, 0.717) is 5.89 Å². The van der Waals surface area contributed by atoms with E-state index in [1.807, 2.05) is 31.2 Å². The minimum Gasteiger partial charge on any atom is -0.463 e. The Balaban J connectivity index is 1.98. The number of benzene rings is 1. The van der Waals surface area contributed by atoms with E-state index in [-0.39, 0.29) is 13.0 Å². The molecule has 0 saturated carbocycles. The number of carbonyl (C=O) groups excluding carboxylic acids is 1. The van der Waals surface area contributed by atoms with E-state index in [0.717, 1.165) is 11.3 Å². The Kier molecular flexibility index (Phi) is 4.53. The zero-order valence-corrected chi connectivity index (χ0v) is 11.5. The third-order valence-electron chi connectivity index (χ3n) is 2.79. The summed E-state index contributed by atoms with van der Waals surface area (Å²) in [6.07, 6.45) is 0.945. The summed E-state index contributed by atoms with van der Waals surface area (Å²) in [7, 11) is 0. The van der Waals surface area contributed by atoms with Crippen molar-refractivity contribution in [2.24, 2.45) is 0 Å². The molecule has 0 aliphatic rings. The lowest BCUT2D eigenvalue weighted by atomic mass is 10.1. The largest absolute Gasteiger partial charge is 0.463 e. The van der Waals surface area contributed by atoms with Gasteiger partial charge in [0.25, 0.3) is 0 Å². The number of ether oxygens (including phenoxy) is 1. The van der Waals surface area contributed by atoms with E-state index in [2.05, 4.69) is 4.98 Å². The molecule has 20 heavy (non-hydrogen) atoms. The number of hydrogen-bond acceptors (Lipinski definition) is 5. The first-order chi connectivity index (χ1) is 9.54. The topological polar surface area (TPSA) is 72.6 Å². The van der Waals surface area contributed by atoms with Crippen LogP contribution in [0.25, 0.3) is 11.3 Å². The lowest BCUT2D eigenvalue weighted by Crippen LogP contribution is -2.19. The standard InChI is InChI=1S/C15H17NO4/c1-10-3-5-12(6-4-10)14-9-20-15(16-14)7-13(18)8-19-11(2)17/h3-6,9,13,18H,7-8H2,1-2H3. The summed E-state index contributed by atoms with van der Waals surface area (Å²) >= 11 is 0. The van der Waals surface area contributed by atoms with Crippen molar-refractivity contribution in [2.75, 3.05) is 6.61 Å². The van der Waals surface area contributed by atoms with Crippen LogP contribution in [-0.4, -0.2) is 28.8 Å². The Bertz CT molecular complexity index is 574. The van der Waals surface area contributed by atoms with Crippen LogP contribution in [0.15, 0.2) is 34.9 Å². The van der Waals surface area contributed by atoms with Crippen molar-refractivity contribution in [3.05, 3.63) is 42.0 Å². The van der Waals surface area contributed by atoms with E-state index >= 15 is 0 Å². The number of nitrogens with zero attached hydrogens (tertiary/aromatic N) is 1. The normalized spacial score (nSPS) is 12.2. The molecule has 1 aromatic heterocycles. The summed E-state index contributed by atoms with van der Waals surface area (Å²) in [5.74, 6) is -0.00275. The van der Waals surface area contributed by atoms with Gasteiger partial charge in [-0.15, -0.1) is 0 Å². The third kappa shape index (κ3) is 3.93. The van der Waals surface area contributed by atoms with Crippen LogP contribution in [0.4, 0.5) is 0 Å². The van der Waals surface area contributed by atoms with Gasteiger partial charge in [-0.1, -0.05) is 29.8 Å². The van der Waals surface area contributed by atoms with Gasteiger partial charge in [0.2, 0.25) is 0 Å². The van der Waals surface area contributed by atoms with Gasteiger partial charge in [0, 0.05) is 12.5 Å². The molecule has 0 saturated heterocycles. The van der Waals surface area contributed by atoms with Gasteiger partial charge >= 0.3 is 5.97 Å². The number of carbonyl (C=O) groups is 1. The Hall–Kier alpha value is -2.14. The van der Waals surface area contributed by atoms with Crippen molar-refractivity contribution in [1.82, 2.24) is 4.98 Å². The predicted octanol–water partition coefficient (Wildman–Crippen LogP) is 2.12. The van der Waals surface area contributed by atoms with Crippen LogP contribution in [0.3, 0.4) is 0 Å². The summed E-state index contributed by atoms with van der Waals surface area (Å²) in [6, 6.07) is 7.93. The number of oxazole rings is 1. The number of hydrogen-bond donors (Lipinski definition) is 1. The quantitative estimate of drug-likeness (QED) is 0.846. The van der Waals surface area contributed by atoms with Gasteiger partial charge in [-0.05, 0) is 6.92 Å². The molecule has 0 radical (unpaired) electrons. The molecule has 0 bridgehead atoms. The molecule has 1 unspecified atom stereocenters. The first-order valence-electron chi connectivity index (χ1n) is 6.37. The first kappa shape index (κ1) is 14.3. The van der Waals surface area contributed by atoms with E-state index in [9.17, 15) is 9.90 Å². The number of rotatable bonds is 5. The molecule has 5 nitrogen and oxygen atoms in total. The average molecular weight is 275 g/mol. The molecule has 0 aliphatic carbocycles. The minimum absolute atomic E-state index is 0.0580. The SMILES string of the molecule is CC(=O)OCC(O)Cc1nc(-c2ccc(C)cc2)co1. The monoisotopic (exact) mass is 275 g/mol. The second-order valence-corrected chi connectivity index (χ2v) is 4.65. The lowest BCUT2D eigenvalue weighted by molar-refractivity contribution is -0.143. The first-order valence-corrected chi connectivity index (χ1v) is 6.37. The molecule has 0 spiro atoms. The molecule has 1 aromatic carbocycles. The molecule has 2 aromatic rings. The highest BCUT2D eigenvalue weighted by Gasteiger charge is 2.13. The highest BCUT2D eigenvalue weighted by Crippen LogP contribution is 2.19. The fourth-order valence-corrected chi connectivity index (χ4v) is 1.74. The smallest absolute Gasteiger partial charge is 0.302 e. The highest BCUT2D eigenvalue weighted by atomic mass is 16.5. The summed E-state index contributed by atoms with van der Waals surface area (Å²) in [5.41, 5.74) is 2.86. The van der Waals surface area contributed by atoms with Gasteiger partial charge in [-0.25, -0.2) is 4.98 Å². The molecule has 5 heteroatoms. The molecule has 1 N–H and O–H groups in total. The Morgan fingerprint density at radius 2 is 2.10 bits per heavy atom. The Morgan fingerprint density at radius 3 is 2.75 bits per heavy atom. The average Bonchev–Trinajstić information content (AvgIpc) is 2.85. The summed E-state index contributed by atoms with van der Waals surface area (Å²) in [6.45, 7) is 3.26. The van der Waals surface area contributed by atoms with Crippen LogP contribution in [0.5, 0.6) is 0 Å². The van der Waals surface area contributed by atoms with Crippen LogP contribution in [0.1, 0.15) is 18.4 Å². The van der Waals surface area contributed by atoms with E-state index in [1.54, 1.807) is 6.26 Å². The third-order valence-corrected chi connectivity index (χ3v) is 2.79. The zero-order valence-electron chi connectivity index (χ0n) is 11.5.